The minimum atomic E-state index is -0.0146. The van der Waals surface area contributed by atoms with Gasteiger partial charge in [-0.1, -0.05) is 36.4 Å². The number of rotatable bonds is 4. The van der Waals surface area contributed by atoms with Crippen molar-refractivity contribution in [1.82, 2.24) is 20.2 Å². The smallest absolute Gasteiger partial charge is 0.191 e. The molecule has 0 aliphatic heterocycles. The highest BCUT2D eigenvalue weighted by atomic mass is 127. The van der Waals surface area contributed by atoms with E-state index in [0.717, 1.165) is 30.1 Å². The van der Waals surface area contributed by atoms with Gasteiger partial charge >= 0.3 is 0 Å². The van der Waals surface area contributed by atoms with Gasteiger partial charge < -0.3 is 15.2 Å². The number of guanidine groups is 1. The number of benzene rings is 2. The standard InChI is InChI=1S/C21H27N5.HI/c1-21(2,3)25-20(22-4)23-13-16-9-11-17(12-10-16)14-26-15-24-18-7-5-6-8-19(18)26;/h5-12,15H,13-14H2,1-4H3,(H2,22,23,25);1H. The van der Waals surface area contributed by atoms with E-state index in [-0.39, 0.29) is 29.5 Å². The average Bonchev–Trinajstić information content (AvgIpc) is 3.02. The lowest BCUT2D eigenvalue weighted by Crippen LogP contribution is -2.47. The van der Waals surface area contributed by atoms with Crippen LogP contribution in [0.4, 0.5) is 0 Å². The summed E-state index contributed by atoms with van der Waals surface area (Å²) in [6.45, 7) is 7.92. The molecular formula is C21H28IN5. The maximum absolute atomic E-state index is 4.45. The van der Waals surface area contributed by atoms with Crippen LogP contribution in [-0.4, -0.2) is 28.1 Å². The molecule has 5 nitrogen and oxygen atoms in total. The Hall–Kier alpha value is -2.09. The molecule has 1 heterocycles. The van der Waals surface area contributed by atoms with Gasteiger partial charge in [-0.2, -0.15) is 0 Å². The lowest BCUT2D eigenvalue weighted by Gasteiger charge is -2.23. The molecular weight excluding hydrogens is 449 g/mol. The van der Waals surface area contributed by atoms with Crippen LogP contribution in [0.3, 0.4) is 0 Å². The number of halogens is 1. The van der Waals surface area contributed by atoms with Gasteiger partial charge in [-0.05, 0) is 44.0 Å². The number of hydrogen-bond donors (Lipinski definition) is 2. The summed E-state index contributed by atoms with van der Waals surface area (Å²) >= 11 is 0. The second kappa shape index (κ2) is 9.21. The zero-order valence-corrected chi connectivity index (χ0v) is 18.7. The molecule has 0 spiro atoms. The molecule has 0 aliphatic carbocycles. The van der Waals surface area contributed by atoms with Crippen LogP contribution < -0.4 is 10.6 Å². The Labute approximate surface area is 178 Å². The second-order valence-electron chi connectivity index (χ2n) is 7.48. The highest BCUT2D eigenvalue weighted by molar-refractivity contribution is 14.0. The fraction of sp³-hybridized carbons (Fsp3) is 0.333. The van der Waals surface area contributed by atoms with Crippen molar-refractivity contribution < 1.29 is 0 Å². The predicted molar refractivity (Wildman–Crippen MR) is 124 cm³/mol. The number of para-hydroxylation sites is 2. The zero-order chi connectivity index (χ0) is 18.6. The molecule has 27 heavy (non-hydrogen) atoms. The van der Waals surface area contributed by atoms with Gasteiger partial charge in [-0.15, -0.1) is 24.0 Å². The number of nitrogens with zero attached hydrogens (tertiary/aromatic N) is 3. The van der Waals surface area contributed by atoms with Crippen LogP contribution in [0.2, 0.25) is 0 Å². The molecule has 0 atom stereocenters. The molecule has 144 valence electrons. The SMILES string of the molecule is CN=C(NCc1ccc(Cn2cnc3ccccc32)cc1)NC(C)(C)C.I. The number of aliphatic imine (C=N–C) groups is 1. The van der Waals surface area contributed by atoms with Crippen molar-refractivity contribution >= 4 is 41.0 Å². The summed E-state index contributed by atoms with van der Waals surface area (Å²) in [5.41, 5.74) is 4.66. The molecule has 2 N–H and O–H groups in total. The Morgan fingerprint density at radius 3 is 2.37 bits per heavy atom. The summed E-state index contributed by atoms with van der Waals surface area (Å²) in [6, 6.07) is 16.9. The van der Waals surface area contributed by atoms with Crippen molar-refractivity contribution in [2.24, 2.45) is 4.99 Å². The van der Waals surface area contributed by atoms with E-state index >= 15 is 0 Å². The van der Waals surface area contributed by atoms with E-state index < -0.39 is 0 Å². The third-order valence-electron chi connectivity index (χ3n) is 4.08. The zero-order valence-electron chi connectivity index (χ0n) is 16.4. The molecule has 0 amide bonds. The van der Waals surface area contributed by atoms with Crippen molar-refractivity contribution in [1.29, 1.82) is 0 Å². The minimum absolute atomic E-state index is 0. The molecule has 0 radical (unpaired) electrons. The van der Waals surface area contributed by atoms with Gasteiger partial charge in [-0.3, -0.25) is 4.99 Å². The van der Waals surface area contributed by atoms with E-state index in [0.29, 0.717) is 0 Å². The van der Waals surface area contributed by atoms with Crippen LogP contribution in [0.25, 0.3) is 11.0 Å². The number of imidazole rings is 1. The normalized spacial score (nSPS) is 11.9. The highest BCUT2D eigenvalue weighted by Crippen LogP contribution is 2.14. The van der Waals surface area contributed by atoms with Gasteiger partial charge in [0, 0.05) is 25.7 Å². The second-order valence-corrected chi connectivity index (χ2v) is 7.48. The van der Waals surface area contributed by atoms with Crippen LogP contribution in [0.15, 0.2) is 59.9 Å². The van der Waals surface area contributed by atoms with Gasteiger partial charge in [0.15, 0.2) is 5.96 Å². The molecule has 1 aromatic heterocycles. The first-order chi connectivity index (χ1) is 12.4. The summed E-state index contributed by atoms with van der Waals surface area (Å²) in [7, 11) is 1.79. The summed E-state index contributed by atoms with van der Waals surface area (Å²) in [4.78, 5) is 8.72. The lowest BCUT2D eigenvalue weighted by molar-refractivity contribution is 0.501. The van der Waals surface area contributed by atoms with Crippen molar-refractivity contribution in [3.05, 3.63) is 66.0 Å². The molecule has 0 fully saturated rings. The highest BCUT2D eigenvalue weighted by Gasteiger charge is 2.11. The summed E-state index contributed by atoms with van der Waals surface area (Å²) in [5, 5.41) is 6.72. The first kappa shape index (κ1) is 21.2. The van der Waals surface area contributed by atoms with Crippen molar-refractivity contribution in [3.63, 3.8) is 0 Å². The average molecular weight is 477 g/mol. The van der Waals surface area contributed by atoms with Crippen LogP contribution >= 0.6 is 24.0 Å². The van der Waals surface area contributed by atoms with E-state index in [1.165, 1.54) is 11.1 Å². The first-order valence-electron chi connectivity index (χ1n) is 8.91. The quantitative estimate of drug-likeness (QED) is 0.337. The van der Waals surface area contributed by atoms with E-state index in [4.69, 9.17) is 0 Å². The van der Waals surface area contributed by atoms with Crippen LogP contribution in [0.1, 0.15) is 31.9 Å². The topological polar surface area (TPSA) is 54.2 Å². The summed E-state index contributed by atoms with van der Waals surface area (Å²) in [6.07, 6.45) is 1.91. The van der Waals surface area contributed by atoms with Gasteiger partial charge in [-0.25, -0.2) is 4.98 Å². The number of fused-ring (bicyclic) bond motifs is 1. The number of hydrogen-bond acceptors (Lipinski definition) is 2. The Kier molecular flexibility index (Phi) is 7.24. The summed E-state index contributed by atoms with van der Waals surface area (Å²) in [5.74, 6) is 0.812. The third-order valence-corrected chi connectivity index (χ3v) is 4.08. The Morgan fingerprint density at radius 1 is 1.04 bits per heavy atom. The predicted octanol–water partition coefficient (Wildman–Crippen LogP) is 4.17. The number of nitrogens with one attached hydrogen (secondary N) is 2. The third kappa shape index (κ3) is 5.95. The van der Waals surface area contributed by atoms with Crippen LogP contribution in [0.5, 0.6) is 0 Å². The van der Waals surface area contributed by atoms with Crippen LogP contribution in [-0.2, 0) is 13.1 Å². The molecule has 3 rings (SSSR count). The van der Waals surface area contributed by atoms with E-state index in [1.54, 1.807) is 7.05 Å². The first-order valence-corrected chi connectivity index (χ1v) is 8.91. The maximum atomic E-state index is 4.45. The molecule has 0 unspecified atom stereocenters. The van der Waals surface area contributed by atoms with Crippen molar-refractivity contribution in [3.8, 4) is 0 Å². The fourth-order valence-corrected chi connectivity index (χ4v) is 2.82. The van der Waals surface area contributed by atoms with Gasteiger partial charge in [0.1, 0.15) is 0 Å². The molecule has 0 aliphatic rings. The Morgan fingerprint density at radius 2 is 1.70 bits per heavy atom. The van der Waals surface area contributed by atoms with Gasteiger partial charge in [0.25, 0.3) is 0 Å². The number of aromatic nitrogens is 2. The molecule has 3 aromatic rings. The Balaban J connectivity index is 0.00000261. The molecule has 6 heteroatoms. The van der Waals surface area contributed by atoms with E-state index in [1.807, 2.05) is 24.5 Å². The largest absolute Gasteiger partial charge is 0.352 e. The minimum Gasteiger partial charge on any atom is -0.352 e. The van der Waals surface area contributed by atoms with Crippen molar-refractivity contribution in [2.75, 3.05) is 7.05 Å². The Bertz CT molecular complexity index is 891. The van der Waals surface area contributed by atoms with Crippen LogP contribution in [0, 0.1) is 0 Å². The van der Waals surface area contributed by atoms with E-state index in [9.17, 15) is 0 Å². The molecule has 0 saturated carbocycles. The summed E-state index contributed by atoms with van der Waals surface area (Å²) < 4.78 is 2.18. The maximum Gasteiger partial charge on any atom is 0.191 e. The lowest BCUT2D eigenvalue weighted by atomic mass is 10.1. The monoisotopic (exact) mass is 477 g/mol. The molecule has 0 saturated heterocycles. The van der Waals surface area contributed by atoms with Gasteiger partial charge in [0.05, 0.1) is 17.4 Å². The molecule has 2 aromatic carbocycles. The van der Waals surface area contributed by atoms with Gasteiger partial charge in [0.2, 0.25) is 0 Å². The molecule has 0 bridgehead atoms. The van der Waals surface area contributed by atoms with E-state index in [2.05, 4.69) is 76.3 Å². The van der Waals surface area contributed by atoms with Crippen molar-refractivity contribution in [2.45, 2.75) is 39.4 Å². The fourth-order valence-electron chi connectivity index (χ4n) is 2.82.